The van der Waals surface area contributed by atoms with Crippen LogP contribution in [0, 0.1) is 11.4 Å². The Balaban J connectivity index is 1.74. The lowest BCUT2D eigenvalue weighted by Gasteiger charge is -2.35. The molecule has 3 N–H and O–H groups in total. The summed E-state index contributed by atoms with van der Waals surface area (Å²) in [4.78, 5) is 6.14. The minimum Gasteiger partial charge on any atom is -0.438 e. The fourth-order valence-electron chi connectivity index (χ4n) is 4.26. The number of aromatic nitrogens is 1. The molecule has 1 atom stereocenters. The Morgan fingerprint density at radius 2 is 2.06 bits per heavy atom. The topological polar surface area (TPSA) is 73.3 Å². The summed E-state index contributed by atoms with van der Waals surface area (Å²) in [6, 6.07) is 9.44. The lowest BCUT2D eigenvalue weighted by Crippen LogP contribution is -2.37. The Morgan fingerprint density at radius 3 is 2.81 bits per heavy atom. The molecule has 2 aliphatic rings. The van der Waals surface area contributed by atoms with E-state index in [0.717, 1.165) is 61.2 Å². The maximum absolute atomic E-state index is 13.7. The van der Waals surface area contributed by atoms with Gasteiger partial charge in [-0.25, -0.2) is 0 Å². The zero-order valence-corrected chi connectivity index (χ0v) is 18.1. The van der Waals surface area contributed by atoms with Crippen LogP contribution in [0.4, 0.5) is 10.1 Å². The molecule has 0 saturated carbocycles. The molecule has 164 valence electrons. The molecule has 3 heterocycles. The molecule has 0 aliphatic carbocycles. The van der Waals surface area contributed by atoms with E-state index in [1.54, 1.807) is 12.1 Å². The summed E-state index contributed by atoms with van der Waals surface area (Å²) in [5, 5.41) is 14.9. The Morgan fingerprint density at radius 1 is 1.26 bits per heavy atom. The SMILES string of the molecule is CC1CCc2c(ccc(/C(C=N)=C/NC3CCNCC3)c2Oc2cccc(F)n2)N1C. The third kappa shape index (κ3) is 4.71. The van der Waals surface area contributed by atoms with E-state index in [2.05, 4.69) is 40.6 Å². The van der Waals surface area contributed by atoms with Crippen LogP contribution in [0.25, 0.3) is 5.57 Å². The zero-order chi connectivity index (χ0) is 21.8. The number of ether oxygens (including phenoxy) is 1. The number of hydrogen-bond donors (Lipinski definition) is 3. The number of anilines is 1. The molecule has 31 heavy (non-hydrogen) atoms. The summed E-state index contributed by atoms with van der Waals surface area (Å²) in [5.74, 6) is 0.285. The lowest BCUT2D eigenvalue weighted by atomic mass is 9.92. The quantitative estimate of drug-likeness (QED) is 0.482. The predicted molar refractivity (Wildman–Crippen MR) is 123 cm³/mol. The molecule has 1 unspecified atom stereocenters. The average Bonchev–Trinajstić information content (AvgIpc) is 2.78. The van der Waals surface area contributed by atoms with Gasteiger partial charge >= 0.3 is 0 Å². The van der Waals surface area contributed by atoms with Gasteiger partial charge in [0.05, 0.1) is 0 Å². The van der Waals surface area contributed by atoms with Crippen molar-refractivity contribution in [3.8, 4) is 11.6 Å². The van der Waals surface area contributed by atoms with Crippen molar-refractivity contribution >= 4 is 17.5 Å². The van der Waals surface area contributed by atoms with E-state index in [1.807, 2.05) is 12.3 Å². The molecular formula is C24H30FN5O. The Labute approximate surface area is 183 Å². The van der Waals surface area contributed by atoms with Crippen molar-refractivity contribution in [2.24, 2.45) is 0 Å². The number of halogens is 1. The van der Waals surface area contributed by atoms with Gasteiger partial charge in [0, 0.05) is 60.0 Å². The van der Waals surface area contributed by atoms with Crippen molar-refractivity contribution in [2.45, 2.75) is 44.7 Å². The van der Waals surface area contributed by atoms with Crippen molar-refractivity contribution in [3.63, 3.8) is 0 Å². The van der Waals surface area contributed by atoms with E-state index in [-0.39, 0.29) is 5.88 Å². The number of pyridine rings is 1. The molecule has 4 rings (SSSR count). The first-order chi connectivity index (χ1) is 15.1. The van der Waals surface area contributed by atoms with Crippen LogP contribution >= 0.6 is 0 Å². The van der Waals surface area contributed by atoms with Crippen molar-refractivity contribution in [2.75, 3.05) is 25.0 Å². The Kier molecular flexibility index (Phi) is 6.51. The second-order valence-electron chi connectivity index (χ2n) is 8.27. The number of nitrogens with one attached hydrogen (secondary N) is 3. The average molecular weight is 424 g/mol. The first-order valence-electron chi connectivity index (χ1n) is 10.9. The van der Waals surface area contributed by atoms with Crippen LogP contribution in [-0.4, -0.2) is 43.4 Å². The van der Waals surface area contributed by atoms with E-state index in [0.29, 0.717) is 17.8 Å². The predicted octanol–water partition coefficient (Wildman–Crippen LogP) is 4.12. The van der Waals surface area contributed by atoms with Gasteiger partial charge in [0.1, 0.15) is 5.75 Å². The number of piperidine rings is 1. The van der Waals surface area contributed by atoms with Gasteiger partial charge < -0.3 is 25.7 Å². The number of benzene rings is 1. The van der Waals surface area contributed by atoms with Crippen LogP contribution in [0.1, 0.15) is 37.3 Å². The van der Waals surface area contributed by atoms with Gasteiger partial charge in [0.15, 0.2) is 0 Å². The highest BCUT2D eigenvalue weighted by molar-refractivity contribution is 6.09. The molecule has 7 heteroatoms. The molecule has 0 amide bonds. The molecule has 0 radical (unpaired) electrons. The van der Waals surface area contributed by atoms with E-state index in [4.69, 9.17) is 10.1 Å². The first kappa shape index (κ1) is 21.3. The van der Waals surface area contributed by atoms with Crippen molar-refractivity contribution in [3.05, 3.63) is 53.6 Å². The van der Waals surface area contributed by atoms with Crippen LogP contribution < -0.4 is 20.3 Å². The minimum atomic E-state index is -0.579. The molecule has 6 nitrogen and oxygen atoms in total. The van der Waals surface area contributed by atoms with Gasteiger partial charge in [-0.15, -0.1) is 0 Å². The Hall–Kier alpha value is -2.93. The number of fused-ring (bicyclic) bond motifs is 1. The molecule has 2 aromatic rings. The Bertz CT molecular complexity index is 970. The second-order valence-corrected chi connectivity index (χ2v) is 8.27. The van der Waals surface area contributed by atoms with E-state index < -0.39 is 5.95 Å². The van der Waals surface area contributed by atoms with Gasteiger partial charge in [0.25, 0.3) is 0 Å². The zero-order valence-electron chi connectivity index (χ0n) is 18.1. The molecule has 1 saturated heterocycles. The van der Waals surface area contributed by atoms with E-state index >= 15 is 0 Å². The maximum Gasteiger partial charge on any atom is 0.221 e. The maximum atomic E-state index is 13.7. The summed E-state index contributed by atoms with van der Waals surface area (Å²) >= 11 is 0. The van der Waals surface area contributed by atoms with Crippen LogP contribution in [0.15, 0.2) is 36.5 Å². The molecule has 1 fully saturated rings. The summed E-state index contributed by atoms with van der Waals surface area (Å²) in [6.07, 6.45) is 7.20. The summed E-state index contributed by atoms with van der Waals surface area (Å²) in [6.45, 7) is 4.19. The summed E-state index contributed by atoms with van der Waals surface area (Å²) in [7, 11) is 2.08. The molecule has 1 aromatic carbocycles. The van der Waals surface area contributed by atoms with Gasteiger partial charge in [-0.3, -0.25) is 0 Å². The highest BCUT2D eigenvalue weighted by atomic mass is 19.1. The third-order valence-electron chi connectivity index (χ3n) is 6.27. The largest absolute Gasteiger partial charge is 0.438 e. The normalized spacial score (nSPS) is 19.6. The standard InChI is InChI=1S/C24H30FN5O/c1-16-6-7-20-21(30(16)2)9-8-19(24(20)31-23-5-3-4-22(25)29-23)17(14-26)15-28-18-10-12-27-13-11-18/h3-5,8-9,14-16,18,26-28H,6-7,10-13H2,1-2H3/b17-15+,26-14?. The van der Waals surface area contributed by atoms with E-state index in [1.165, 1.54) is 12.3 Å². The highest BCUT2D eigenvalue weighted by Crippen LogP contribution is 2.42. The first-order valence-corrected chi connectivity index (χ1v) is 10.9. The highest BCUT2D eigenvalue weighted by Gasteiger charge is 2.26. The van der Waals surface area contributed by atoms with Gasteiger partial charge in [0.2, 0.25) is 11.8 Å². The van der Waals surface area contributed by atoms with Crippen LogP contribution in [0.5, 0.6) is 11.6 Å². The summed E-state index contributed by atoms with van der Waals surface area (Å²) in [5.41, 5.74) is 3.71. The van der Waals surface area contributed by atoms with Crippen LogP contribution in [0.3, 0.4) is 0 Å². The van der Waals surface area contributed by atoms with Gasteiger partial charge in [-0.05, 0) is 63.9 Å². The number of nitrogens with zero attached hydrogens (tertiary/aromatic N) is 2. The fraction of sp³-hybridized carbons (Fsp3) is 0.417. The summed E-state index contributed by atoms with van der Waals surface area (Å²) < 4.78 is 19.9. The lowest BCUT2D eigenvalue weighted by molar-refractivity contribution is 0.420. The van der Waals surface area contributed by atoms with Crippen LogP contribution in [-0.2, 0) is 6.42 Å². The molecular weight excluding hydrogens is 393 g/mol. The minimum absolute atomic E-state index is 0.214. The van der Waals surface area contributed by atoms with E-state index in [9.17, 15) is 4.39 Å². The van der Waals surface area contributed by atoms with Gasteiger partial charge in [-0.1, -0.05) is 6.07 Å². The third-order valence-corrected chi connectivity index (χ3v) is 6.27. The van der Waals surface area contributed by atoms with Crippen molar-refractivity contribution in [1.29, 1.82) is 5.41 Å². The molecule has 0 spiro atoms. The number of hydrogen-bond acceptors (Lipinski definition) is 6. The molecule has 2 aliphatic heterocycles. The van der Waals surface area contributed by atoms with Crippen LogP contribution in [0.2, 0.25) is 0 Å². The number of rotatable bonds is 6. The monoisotopic (exact) mass is 423 g/mol. The smallest absolute Gasteiger partial charge is 0.221 e. The fourth-order valence-corrected chi connectivity index (χ4v) is 4.26. The number of allylic oxidation sites excluding steroid dienone is 1. The molecule has 1 aromatic heterocycles. The van der Waals surface area contributed by atoms with Crippen molar-refractivity contribution in [1.82, 2.24) is 15.6 Å². The molecule has 0 bridgehead atoms. The van der Waals surface area contributed by atoms with Gasteiger partial charge in [-0.2, -0.15) is 9.37 Å². The second kappa shape index (κ2) is 9.47. The van der Waals surface area contributed by atoms with Crippen molar-refractivity contribution < 1.29 is 9.13 Å².